The highest BCUT2D eigenvalue weighted by Crippen LogP contribution is 2.27. The zero-order chi connectivity index (χ0) is 13.8. The number of pyridine rings is 1. The minimum Gasteiger partial charge on any atom is -0.271 e. The van der Waals surface area contributed by atoms with Crippen molar-refractivity contribution >= 4 is 27.5 Å². The number of halogens is 1. The number of nitrogens with two attached hydrogens (primary N) is 1. The fourth-order valence-electron chi connectivity index (χ4n) is 1.81. The van der Waals surface area contributed by atoms with Gasteiger partial charge < -0.3 is 0 Å². The number of nitrogens with zero attached hydrogens (tertiary/aromatic N) is 3. The molecule has 2 rings (SSSR count). The van der Waals surface area contributed by atoms with E-state index in [0.29, 0.717) is 12.3 Å². The van der Waals surface area contributed by atoms with Crippen LogP contribution in [0.2, 0.25) is 0 Å². The molecule has 0 aliphatic rings. The zero-order valence-electron chi connectivity index (χ0n) is 10.8. The fourth-order valence-corrected chi connectivity index (χ4v) is 2.91. The van der Waals surface area contributed by atoms with Gasteiger partial charge >= 0.3 is 0 Å². The molecule has 0 aliphatic heterocycles. The third-order valence-corrected chi connectivity index (χ3v) is 4.13. The Kier molecular flexibility index (Phi) is 4.98. The SMILES string of the molecule is CC(C)c1nnsc1C(Cc1ccc(Br)cn1)NN. The highest BCUT2D eigenvalue weighted by atomic mass is 79.9. The smallest absolute Gasteiger partial charge is 0.0829 e. The Morgan fingerprint density at radius 1 is 1.42 bits per heavy atom. The molecular weight excluding hydrogens is 326 g/mol. The maximum Gasteiger partial charge on any atom is 0.0829 e. The molecule has 3 N–H and O–H groups in total. The predicted molar refractivity (Wildman–Crippen MR) is 79.7 cm³/mol. The van der Waals surface area contributed by atoms with E-state index in [1.54, 1.807) is 6.20 Å². The molecule has 102 valence electrons. The first-order chi connectivity index (χ1) is 9.11. The van der Waals surface area contributed by atoms with Crippen molar-refractivity contribution in [2.75, 3.05) is 0 Å². The Hall–Kier alpha value is -0.890. The number of hydrogen-bond acceptors (Lipinski definition) is 6. The minimum atomic E-state index is -0.00826. The van der Waals surface area contributed by atoms with Crippen LogP contribution in [0, 0.1) is 0 Å². The summed E-state index contributed by atoms with van der Waals surface area (Å²) in [6.07, 6.45) is 2.50. The lowest BCUT2D eigenvalue weighted by molar-refractivity contribution is 0.545. The molecule has 0 saturated heterocycles. The number of rotatable bonds is 5. The summed E-state index contributed by atoms with van der Waals surface area (Å²) in [5, 5.41) is 4.19. The van der Waals surface area contributed by atoms with E-state index in [0.717, 1.165) is 20.7 Å². The lowest BCUT2D eigenvalue weighted by atomic mass is 10.0. The highest BCUT2D eigenvalue weighted by molar-refractivity contribution is 9.10. The molecule has 0 fully saturated rings. The van der Waals surface area contributed by atoms with Crippen LogP contribution in [0.15, 0.2) is 22.8 Å². The normalized spacial score (nSPS) is 12.9. The Morgan fingerprint density at radius 2 is 2.21 bits per heavy atom. The van der Waals surface area contributed by atoms with Crippen molar-refractivity contribution in [1.29, 1.82) is 0 Å². The van der Waals surface area contributed by atoms with Crippen LogP contribution in [-0.4, -0.2) is 14.6 Å². The third kappa shape index (κ3) is 3.56. The van der Waals surface area contributed by atoms with Gasteiger partial charge in [-0.2, -0.15) is 0 Å². The van der Waals surface area contributed by atoms with Crippen molar-refractivity contribution in [2.24, 2.45) is 5.84 Å². The van der Waals surface area contributed by atoms with Crippen LogP contribution in [0.25, 0.3) is 0 Å². The van der Waals surface area contributed by atoms with E-state index in [-0.39, 0.29) is 6.04 Å². The summed E-state index contributed by atoms with van der Waals surface area (Å²) < 4.78 is 5.00. The highest BCUT2D eigenvalue weighted by Gasteiger charge is 2.20. The Morgan fingerprint density at radius 3 is 2.79 bits per heavy atom. The number of hydrogen-bond donors (Lipinski definition) is 2. The van der Waals surface area contributed by atoms with Gasteiger partial charge in [0.1, 0.15) is 0 Å². The molecular formula is C12H16BrN5S. The minimum absolute atomic E-state index is 0.00826. The van der Waals surface area contributed by atoms with Crippen LogP contribution in [-0.2, 0) is 6.42 Å². The van der Waals surface area contributed by atoms with Crippen LogP contribution in [0.1, 0.15) is 42.1 Å². The molecule has 0 amide bonds. The van der Waals surface area contributed by atoms with Gasteiger partial charge in [0.15, 0.2) is 0 Å². The van der Waals surface area contributed by atoms with Crippen LogP contribution in [0.3, 0.4) is 0 Å². The Bertz CT molecular complexity index is 525. The summed E-state index contributed by atoms with van der Waals surface area (Å²) in [7, 11) is 0. The van der Waals surface area contributed by atoms with Crippen molar-refractivity contribution in [1.82, 2.24) is 20.0 Å². The summed E-state index contributed by atoms with van der Waals surface area (Å²) in [6, 6.07) is 3.95. The average Bonchev–Trinajstić information content (AvgIpc) is 2.87. The van der Waals surface area contributed by atoms with Gasteiger partial charge in [-0.1, -0.05) is 18.3 Å². The van der Waals surface area contributed by atoms with Gasteiger partial charge in [0.05, 0.1) is 16.6 Å². The molecule has 0 radical (unpaired) electrons. The van der Waals surface area contributed by atoms with E-state index in [9.17, 15) is 0 Å². The van der Waals surface area contributed by atoms with E-state index >= 15 is 0 Å². The van der Waals surface area contributed by atoms with Crippen molar-refractivity contribution < 1.29 is 0 Å². The van der Waals surface area contributed by atoms with E-state index in [1.807, 2.05) is 12.1 Å². The predicted octanol–water partition coefficient (Wildman–Crippen LogP) is 2.57. The quantitative estimate of drug-likeness (QED) is 0.645. The van der Waals surface area contributed by atoms with Crippen LogP contribution in [0.5, 0.6) is 0 Å². The van der Waals surface area contributed by atoms with Crippen molar-refractivity contribution in [3.8, 4) is 0 Å². The second kappa shape index (κ2) is 6.51. The number of aromatic nitrogens is 3. The molecule has 1 unspecified atom stereocenters. The summed E-state index contributed by atoms with van der Waals surface area (Å²) in [4.78, 5) is 5.46. The van der Waals surface area contributed by atoms with E-state index in [1.165, 1.54) is 11.5 Å². The molecule has 0 bridgehead atoms. The molecule has 2 heterocycles. The monoisotopic (exact) mass is 341 g/mol. The van der Waals surface area contributed by atoms with Gasteiger partial charge in [0, 0.05) is 22.8 Å². The fraction of sp³-hybridized carbons (Fsp3) is 0.417. The van der Waals surface area contributed by atoms with Gasteiger partial charge in [0.2, 0.25) is 0 Å². The summed E-state index contributed by atoms with van der Waals surface area (Å²) in [5.74, 6) is 6.01. The van der Waals surface area contributed by atoms with E-state index in [4.69, 9.17) is 5.84 Å². The second-order valence-corrected chi connectivity index (χ2v) is 6.27. The average molecular weight is 342 g/mol. The third-order valence-electron chi connectivity index (χ3n) is 2.81. The van der Waals surface area contributed by atoms with Crippen molar-refractivity contribution in [3.63, 3.8) is 0 Å². The first-order valence-corrected chi connectivity index (χ1v) is 7.57. The number of nitrogens with one attached hydrogen (secondary N) is 1. The maximum absolute atomic E-state index is 5.67. The first kappa shape index (κ1) is 14.5. The molecule has 0 aliphatic carbocycles. The largest absolute Gasteiger partial charge is 0.271 e. The molecule has 5 nitrogen and oxygen atoms in total. The molecule has 0 spiro atoms. The molecule has 7 heteroatoms. The maximum atomic E-state index is 5.67. The van der Waals surface area contributed by atoms with Gasteiger partial charge in [0.25, 0.3) is 0 Å². The first-order valence-electron chi connectivity index (χ1n) is 6.00. The summed E-state index contributed by atoms with van der Waals surface area (Å²) >= 11 is 4.77. The summed E-state index contributed by atoms with van der Waals surface area (Å²) in [6.45, 7) is 4.21. The molecule has 2 aromatic heterocycles. The molecule has 0 saturated carbocycles. The van der Waals surface area contributed by atoms with Gasteiger partial charge in [-0.15, -0.1) is 5.10 Å². The lowest BCUT2D eigenvalue weighted by Gasteiger charge is -2.15. The Balaban J connectivity index is 2.20. The lowest BCUT2D eigenvalue weighted by Crippen LogP contribution is -2.30. The standard InChI is InChI=1S/C12H16BrN5S/c1-7(2)11-12(19-18-17-11)10(16-14)5-9-4-3-8(13)6-15-9/h3-4,6-7,10,16H,5,14H2,1-2H3. The summed E-state index contributed by atoms with van der Waals surface area (Å²) in [5.41, 5.74) is 4.83. The van der Waals surface area contributed by atoms with E-state index in [2.05, 4.69) is 49.8 Å². The van der Waals surface area contributed by atoms with E-state index < -0.39 is 0 Å². The van der Waals surface area contributed by atoms with Crippen LogP contribution >= 0.6 is 27.5 Å². The number of hydrazine groups is 1. The molecule has 2 aromatic rings. The zero-order valence-corrected chi connectivity index (χ0v) is 13.2. The van der Waals surface area contributed by atoms with Gasteiger partial charge in [-0.3, -0.25) is 16.3 Å². The van der Waals surface area contributed by atoms with Gasteiger partial charge in [-0.25, -0.2) is 0 Å². The second-order valence-electron chi connectivity index (χ2n) is 4.57. The van der Waals surface area contributed by atoms with Crippen molar-refractivity contribution in [3.05, 3.63) is 39.1 Å². The topological polar surface area (TPSA) is 76.7 Å². The molecule has 0 aromatic carbocycles. The van der Waals surface area contributed by atoms with Crippen LogP contribution in [0.4, 0.5) is 0 Å². The molecule has 19 heavy (non-hydrogen) atoms. The van der Waals surface area contributed by atoms with Gasteiger partial charge in [-0.05, 0) is 45.5 Å². The van der Waals surface area contributed by atoms with Crippen LogP contribution < -0.4 is 11.3 Å². The molecule has 1 atom stereocenters. The Labute approximate surface area is 124 Å². The van der Waals surface area contributed by atoms with Crippen molar-refractivity contribution in [2.45, 2.75) is 32.2 Å².